The quantitative estimate of drug-likeness (QED) is 0.464. The Hall–Kier alpha value is -1.56. The maximum atomic E-state index is 2.58. The van der Waals surface area contributed by atoms with Crippen molar-refractivity contribution in [2.45, 2.75) is 124 Å². The lowest BCUT2D eigenvalue weighted by Gasteiger charge is -2.42. The average Bonchev–Trinajstić information content (AvgIpc) is 2.57. The van der Waals surface area contributed by atoms with E-state index in [1.807, 2.05) is 0 Å². The van der Waals surface area contributed by atoms with Gasteiger partial charge in [0.05, 0.1) is 0 Å². The maximum Gasteiger partial charge on any atom is -0.0126 e. The normalized spacial score (nSPS) is 14.6. The van der Waals surface area contributed by atoms with Gasteiger partial charge in [0.2, 0.25) is 0 Å². The average molecular weight is 421 g/mol. The highest BCUT2D eigenvalue weighted by Crippen LogP contribution is 2.48. The van der Waals surface area contributed by atoms with Gasteiger partial charge in [-0.05, 0) is 67.4 Å². The van der Waals surface area contributed by atoms with Gasteiger partial charge in [0, 0.05) is 0 Å². The Bertz CT molecular complexity index is 885. The molecule has 0 N–H and O–H groups in total. The number of rotatable bonds is 3. The van der Waals surface area contributed by atoms with E-state index in [0.29, 0.717) is 5.92 Å². The largest absolute Gasteiger partial charge is 0.0622 e. The Labute approximate surface area is 193 Å². The van der Waals surface area contributed by atoms with E-state index >= 15 is 0 Å². The van der Waals surface area contributed by atoms with Gasteiger partial charge in [-0.25, -0.2) is 0 Å². The van der Waals surface area contributed by atoms with Crippen molar-refractivity contribution in [1.82, 2.24) is 0 Å². The molecule has 2 rings (SSSR count). The van der Waals surface area contributed by atoms with Crippen molar-refractivity contribution in [3.63, 3.8) is 0 Å². The molecule has 2 aromatic carbocycles. The van der Waals surface area contributed by atoms with Gasteiger partial charge < -0.3 is 0 Å². The van der Waals surface area contributed by atoms with Crippen molar-refractivity contribution < 1.29 is 0 Å². The molecule has 0 nitrogen and oxygen atoms in total. The minimum atomic E-state index is 0.0736. The topological polar surface area (TPSA) is 0 Å². The van der Waals surface area contributed by atoms with Crippen molar-refractivity contribution >= 4 is 0 Å². The third kappa shape index (κ3) is 5.82. The lowest BCUT2D eigenvalue weighted by Crippen LogP contribution is -2.33. The minimum Gasteiger partial charge on any atom is -0.0622 e. The summed E-state index contributed by atoms with van der Waals surface area (Å²) in [5, 5.41) is 0. The molecule has 0 heterocycles. The summed E-state index contributed by atoms with van der Waals surface area (Å²) in [7, 11) is 0. The smallest absolute Gasteiger partial charge is 0.0126 e. The molecule has 0 spiro atoms. The van der Waals surface area contributed by atoms with Crippen LogP contribution in [0.25, 0.3) is 0 Å². The second-order valence-corrected chi connectivity index (χ2v) is 13.7. The fraction of sp³-hybridized carbons (Fsp3) is 0.613. The monoisotopic (exact) mass is 420 g/mol. The summed E-state index contributed by atoms with van der Waals surface area (Å²) < 4.78 is 0. The Balaban J connectivity index is 3.01. The zero-order chi connectivity index (χ0) is 24.0. The first-order valence-corrected chi connectivity index (χ1v) is 12.1. The van der Waals surface area contributed by atoms with E-state index in [2.05, 4.69) is 126 Å². The Kier molecular flexibility index (Phi) is 6.98. The molecule has 0 radical (unpaired) electrons. The molecule has 0 aromatic heterocycles. The third-order valence-corrected chi connectivity index (χ3v) is 6.36. The van der Waals surface area contributed by atoms with Crippen molar-refractivity contribution in [3.8, 4) is 0 Å². The summed E-state index contributed by atoms with van der Waals surface area (Å²) in [6.07, 6.45) is 1.07. The number of benzene rings is 2. The Morgan fingerprint density at radius 2 is 1.03 bits per heavy atom. The summed E-state index contributed by atoms with van der Waals surface area (Å²) >= 11 is 0. The van der Waals surface area contributed by atoms with Crippen LogP contribution in [0.5, 0.6) is 0 Å². The van der Waals surface area contributed by atoms with Crippen LogP contribution in [-0.2, 0) is 28.1 Å². The molecule has 1 atom stereocenters. The van der Waals surface area contributed by atoms with Crippen molar-refractivity contribution in [2.24, 2.45) is 0 Å². The standard InChI is InChI=1S/C31H48/c1-21(19-22-17-15-14-16-18-22)25-23(28(2,3)4)20-24(29(5,6)7)26(30(8,9)10)27(25)31(11,12)13/h14-18,20-21H,19H2,1-13H3. The highest BCUT2D eigenvalue weighted by atomic mass is 14.4. The summed E-state index contributed by atoms with van der Waals surface area (Å²) in [5.74, 6) is 0.459. The number of hydrogen-bond donors (Lipinski definition) is 0. The lowest BCUT2D eigenvalue weighted by molar-refractivity contribution is 0.478. The van der Waals surface area contributed by atoms with Crippen molar-refractivity contribution in [2.75, 3.05) is 0 Å². The fourth-order valence-electron chi connectivity index (χ4n) is 5.05. The molecule has 2 aromatic rings. The molecule has 1 unspecified atom stereocenters. The van der Waals surface area contributed by atoms with Crippen LogP contribution in [-0.4, -0.2) is 0 Å². The molecule has 0 fully saturated rings. The first-order chi connectivity index (χ1) is 13.8. The van der Waals surface area contributed by atoms with E-state index in [9.17, 15) is 0 Å². The molecule has 0 saturated heterocycles. The molecule has 0 aliphatic carbocycles. The summed E-state index contributed by atoms with van der Waals surface area (Å²) in [5.41, 5.74) is 9.56. The van der Waals surface area contributed by atoms with Crippen LogP contribution in [0.2, 0.25) is 0 Å². The van der Waals surface area contributed by atoms with Crippen LogP contribution in [0, 0.1) is 0 Å². The molecular weight excluding hydrogens is 372 g/mol. The van der Waals surface area contributed by atoms with Gasteiger partial charge in [-0.2, -0.15) is 0 Å². The van der Waals surface area contributed by atoms with E-state index < -0.39 is 0 Å². The van der Waals surface area contributed by atoms with E-state index in [1.165, 1.54) is 16.7 Å². The number of hydrogen-bond acceptors (Lipinski definition) is 0. The SMILES string of the molecule is CC(Cc1ccccc1)c1c(C(C)(C)C)cc(C(C)(C)C)c(C(C)(C)C)c1C(C)(C)C. The van der Waals surface area contributed by atoms with Crippen LogP contribution in [0.15, 0.2) is 36.4 Å². The van der Waals surface area contributed by atoms with Crippen LogP contribution >= 0.6 is 0 Å². The lowest BCUT2D eigenvalue weighted by atomic mass is 9.62. The molecule has 31 heavy (non-hydrogen) atoms. The van der Waals surface area contributed by atoms with Crippen molar-refractivity contribution in [3.05, 3.63) is 69.8 Å². The van der Waals surface area contributed by atoms with Gasteiger partial charge in [0.25, 0.3) is 0 Å². The van der Waals surface area contributed by atoms with Gasteiger partial charge in [0.1, 0.15) is 0 Å². The van der Waals surface area contributed by atoms with E-state index in [1.54, 1.807) is 16.7 Å². The Morgan fingerprint density at radius 1 is 0.581 bits per heavy atom. The molecule has 0 amide bonds. The third-order valence-electron chi connectivity index (χ3n) is 6.36. The van der Waals surface area contributed by atoms with Gasteiger partial charge in [-0.1, -0.05) is 126 Å². The summed E-state index contributed by atoms with van der Waals surface area (Å²) in [6, 6.07) is 13.6. The second-order valence-electron chi connectivity index (χ2n) is 13.7. The van der Waals surface area contributed by atoms with Gasteiger partial charge in [-0.3, -0.25) is 0 Å². The molecular formula is C31H48. The summed E-state index contributed by atoms with van der Waals surface area (Å²) in [4.78, 5) is 0. The highest BCUT2D eigenvalue weighted by Gasteiger charge is 2.37. The zero-order valence-corrected chi connectivity index (χ0v) is 22.7. The zero-order valence-electron chi connectivity index (χ0n) is 22.7. The van der Waals surface area contributed by atoms with Gasteiger partial charge in [0.15, 0.2) is 0 Å². The molecule has 0 bridgehead atoms. The van der Waals surface area contributed by atoms with Gasteiger partial charge in [-0.15, -0.1) is 0 Å². The van der Waals surface area contributed by atoms with Crippen LogP contribution in [0.3, 0.4) is 0 Å². The predicted molar refractivity (Wildman–Crippen MR) is 140 cm³/mol. The van der Waals surface area contributed by atoms with Crippen LogP contribution < -0.4 is 0 Å². The predicted octanol–water partition coefficient (Wildman–Crippen LogP) is 9.22. The van der Waals surface area contributed by atoms with E-state index in [-0.39, 0.29) is 21.7 Å². The molecule has 0 aliphatic heterocycles. The van der Waals surface area contributed by atoms with Crippen LogP contribution in [0.1, 0.15) is 129 Å². The Morgan fingerprint density at radius 3 is 1.42 bits per heavy atom. The van der Waals surface area contributed by atoms with Crippen molar-refractivity contribution in [1.29, 1.82) is 0 Å². The fourth-order valence-corrected chi connectivity index (χ4v) is 5.05. The molecule has 172 valence electrons. The second kappa shape index (κ2) is 8.42. The maximum absolute atomic E-state index is 2.58. The molecule has 0 aliphatic rings. The van der Waals surface area contributed by atoms with Gasteiger partial charge >= 0.3 is 0 Å². The first-order valence-electron chi connectivity index (χ1n) is 12.1. The first kappa shape index (κ1) is 25.7. The molecule has 0 heteroatoms. The summed E-state index contributed by atoms with van der Waals surface area (Å²) in [6.45, 7) is 31.2. The van der Waals surface area contributed by atoms with E-state index in [4.69, 9.17) is 0 Å². The molecule has 0 saturated carbocycles. The highest BCUT2D eigenvalue weighted by molar-refractivity contribution is 5.57. The van der Waals surface area contributed by atoms with Crippen LogP contribution in [0.4, 0.5) is 0 Å². The van der Waals surface area contributed by atoms with E-state index in [0.717, 1.165) is 6.42 Å². The minimum absolute atomic E-state index is 0.0736.